The molecule has 0 atom stereocenters. The van der Waals surface area contributed by atoms with Crippen LogP contribution in [0.1, 0.15) is 52.0 Å². The Bertz CT molecular complexity index is 1150. The van der Waals surface area contributed by atoms with Gasteiger partial charge < -0.3 is 15.2 Å². The first-order chi connectivity index (χ1) is 14.4. The average Bonchev–Trinajstić information content (AvgIpc) is 3.48. The number of rotatable bonds is 4. The molecule has 30 heavy (non-hydrogen) atoms. The normalized spacial score (nSPS) is 18.4. The molecule has 0 unspecified atom stereocenters. The minimum atomic E-state index is -0.570. The van der Waals surface area contributed by atoms with E-state index in [0.717, 1.165) is 48.0 Å². The number of hydrogen-bond acceptors (Lipinski definition) is 4. The fraction of sp³-hybridized carbons (Fsp3) is 0.455. The second-order valence-electron chi connectivity index (χ2n) is 8.78. The van der Waals surface area contributed by atoms with Gasteiger partial charge in [-0.3, -0.25) is 14.7 Å². The van der Waals surface area contributed by atoms with Crippen molar-refractivity contribution in [3.63, 3.8) is 0 Å². The van der Waals surface area contributed by atoms with Crippen LogP contribution in [0.15, 0.2) is 18.3 Å². The highest BCUT2D eigenvalue weighted by molar-refractivity contribution is 6.09. The quantitative estimate of drug-likeness (QED) is 0.614. The van der Waals surface area contributed by atoms with Gasteiger partial charge in [-0.15, -0.1) is 0 Å². The van der Waals surface area contributed by atoms with Gasteiger partial charge in [-0.05, 0) is 51.3 Å². The molecule has 8 heteroatoms. The number of likely N-dealkylation sites (N-methyl/N-ethyl adjacent to an activating group) is 1. The van der Waals surface area contributed by atoms with Crippen molar-refractivity contribution in [3.8, 4) is 11.5 Å². The Morgan fingerprint density at radius 3 is 2.80 bits per heavy atom. The van der Waals surface area contributed by atoms with Crippen molar-refractivity contribution < 1.29 is 9.59 Å². The van der Waals surface area contributed by atoms with Crippen LogP contribution in [0.5, 0.6) is 0 Å². The Morgan fingerprint density at radius 2 is 2.07 bits per heavy atom. The number of aromatic amines is 2. The molecular weight excluding hydrogens is 380 g/mol. The third kappa shape index (κ3) is 2.74. The maximum absolute atomic E-state index is 12.8. The highest BCUT2D eigenvalue weighted by Gasteiger charge is 2.43. The maximum Gasteiger partial charge on any atom is 0.237 e. The monoisotopic (exact) mass is 406 g/mol. The Hall–Kier alpha value is -3.16. The standard InChI is InChI=1S/C22H26N6O2/c1-4-28-17-10-15-14(9-13(17)22(2,3)21(28)30)24-19(25-15)18-16(11-23-27-18)26-20(29)12-7-5-6-8-12/h9-12H,4-8H2,1-3H3,(H,23,27)(H,24,25)(H,26,29). The maximum atomic E-state index is 12.8. The molecule has 156 valence electrons. The van der Waals surface area contributed by atoms with Gasteiger partial charge in [0, 0.05) is 12.5 Å². The van der Waals surface area contributed by atoms with E-state index < -0.39 is 5.41 Å². The predicted molar refractivity (Wildman–Crippen MR) is 115 cm³/mol. The van der Waals surface area contributed by atoms with Gasteiger partial charge in [0.2, 0.25) is 11.8 Å². The summed E-state index contributed by atoms with van der Waals surface area (Å²) < 4.78 is 0. The van der Waals surface area contributed by atoms with Crippen LogP contribution >= 0.6 is 0 Å². The molecule has 2 amide bonds. The van der Waals surface area contributed by atoms with Gasteiger partial charge in [-0.2, -0.15) is 5.10 Å². The lowest BCUT2D eigenvalue weighted by atomic mass is 9.86. The summed E-state index contributed by atoms with van der Waals surface area (Å²) in [5, 5.41) is 10.1. The van der Waals surface area contributed by atoms with Crippen LogP contribution in [-0.2, 0) is 15.0 Å². The van der Waals surface area contributed by atoms with E-state index >= 15 is 0 Å². The number of benzene rings is 1. The van der Waals surface area contributed by atoms with Crippen LogP contribution in [-0.4, -0.2) is 38.5 Å². The third-order valence-electron chi connectivity index (χ3n) is 6.52. The van der Waals surface area contributed by atoms with Gasteiger partial charge in [0.1, 0.15) is 5.69 Å². The molecule has 2 aromatic heterocycles. The number of carbonyl (C=O) groups excluding carboxylic acids is 2. The number of carbonyl (C=O) groups is 2. The number of hydrogen-bond donors (Lipinski definition) is 3. The van der Waals surface area contributed by atoms with Gasteiger partial charge in [0.05, 0.1) is 34.0 Å². The van der Waals surface area contributed by atoms with Crippen LogP contribution < -0.4 is 10.2 Å². The van der Waals surface area contributed by atoms with E-state index in [4.69, 9.17) is 4.98 Å². The van der Waals surface area contributed by atoms with Crippen LogP contribution in [0.3, 0.4) is 0 Å². The molecular formula is C22H26N6O2. The molecule has 2 aliphatic rings. The molecule has 5 rings (SSSR count). The molecule has 3 aromatic rings. The van der Waals surface area contributed by atoms with Gasteiger partial charge >= 0.3 is 0 Å². The van der Waals surface area contributed by atoms with Crippen molar-refractivity contribution in [2.24, 2.45) is 5.92 Å². The molecule has 0 bridgehead atoms. The number of nitrogens with one attached hydrogen (secondary N) is 3. The summed E-state index contributed by atoms with van der Waals surface area (Å²) in [6.07, 6.45) is 5.72. The zero-order valence-electron chi connectivity index (χ0n) is 17.5. The van der Waals surface area contributed by atoms with Crippen LogP contribution in [0, 0.1) is 5.92 Å². The minimum absolute atomic E-state index is 0.0455. The molecule has 3 heterocycles. The van der Waals surface area contributed by atoms with E-state index in [9.17, 15) is 9.59 Å². The number of fused-ring (bicyclic) bond motifs is 2. The highest BCUT2D eigenvalue weighted by Crippen LogP contribution is 2.43. The fourth-order valence-corrected chi connectivity index (χ4v) is 4.75. The third-order valence-corrected chi connectivity index (χ3v) is 6.52. The topological polar surface area (TPSA) is 107 Å². The van der Waals surface area contributed by atoms with Crippen molar-refractivity contribution in [2.75, 3.05) is 16.8 Å². The Kier molecular flexibility index (Phi) is 4.20. The van der Waals surface area contributed by atoms with E-state index in [1.165, 1.54) is 0 Å². The van der Waals surface area contributed by atoms with Crippen molar-refractivity contribution in [3.05, 3.63) is 23.9 Å². The summed E-state index contributed by atoms with van der Waals surface area (Å²) in [4.78, 5) is 35.2. The Balaban J connectivity index is 1.51. The number of imidazole rings is 1. The molecule has 0 spiro atoms. The Labute approximate surface area is 174 Å². The fourth-order valence-electron chi connectivity index (χ4n) is 4.75. The second kappa shape index (κ2) is 6.68. The number of anilines is 2. The van der Waals surface area contributed by atoms with Crippen molar-refractivity contribution >= 4 is 34.2 Å². The molecule has 8 nitrogen and oxygen atoms in total. The first-order valence-corrected chi connectivity index (χ1v) is 10.6. The molecule has 3 N–H and O–H groups in total. The zero-order chi connectivity index (χ0) is 21.0. The molecule has 0 radical (unpaired) electrons. The van der Waals surface area contributed by atoms with E-state index in [2.05, 4.69) is 20.5 Å². The predicted octanol–water partition coefficient (Wildman–Crippen LogP) is 3.73. The lowest BCUT2D eigenvalue weighted by molar-refractivity contribution is -0.122. The summed E-state index contributed by atoms with van der Waals surface area (Å²) >= 11 is 0. The van der Waals surface area contributed by atoms with Crippen molar-refractivity contribution in [1.82, 2.24) is 20.2 Å². The zero-order valence-corrected chi connectivity index (χ0v) is 17.5. The summed E-state index contributed by atoms with van der Waals surface area (Å²) in [6.45, 7) is 6.51. The number of nitrogens with zero attached hydrogens (tertiary/aromatic N) is 3. The van der Waals surface area contributed by atoms with Crippen molar-refractivity contribution in [1.29, 1.82) is 0 Å². The lowest BCUT2D eigenvalue weighted by Crippen LogP contribution is -2.35. The Morgan fingerprint density at radius 1 is 1.30 bits per heavy atom. The number of aromatic nitrogens is 4. The second-order valence-corrected chi connectivity index (χ2v) is 8.78. The first-order valence-electron chi connectivity index (χ1n) is 10.6. The highest BCUT2D eigenvalue weighted by atomic mass is 16.2. The van der Waals surface area contributed by atoms with E-state index in [1.54, 1.807) is 6.20 Å². The number of H-pyrrole nitrogens is 2. The molecule has 1 aliphatic carbocycles. The molecule has 1 saturated carbocycles. The van der Waals surface area contributed by atoms with E-state index in [1.807, 2.05) is 37.8 Å². The summed E-state index contributed by atoms with van der Waals surface area (Å²) in [5.74, 6) is 0.841. The van der Waals surface area contributed by atoms with Crippen LogP contribution in [0.4, 0.5) is 11.4 Å². The molecule has 0 saturated heterocycles. The van der Waals surface area contributed by atoms with Gasteiger partial charge in [0.15, 0.2) is 5.82 Å². The van der Waals surface area contributed by atoms with Crippen LogP contribution in [0.2, 0.25) is 0 Å². The molecule has 1 aliphatic heterocycles. The first kappa shape index (κ1) is 18.8. The smallest absolute Gasteiger partial charge is 0.237 e. The molecule has 1 aromatic carbocycles. The number of amides is 2. The van der Waals surface area contributed by atoms with Crippen molar-refractivity contribution in [2.45, 2.75) is 51.9 Å². The van der Waals surface area contributed by atoms with Gasteiger partial charge in [0.25, 0.3) is 0 Å². The summed E-state index contributed by atoms with van der Waals surface area (Å²) in [5.41, 5.74) is 4.25. The minimum Gasteiger partial charge on any atom is -0.337 e. The SMILES string of the molecule is CCN1C(=O)C(C)(C)c2cc3[nH]c(-c4[nH]ncc4NC(=O)C4CCCC4)nc3cc21. The largest absolute Gasteiger partial charge is 0.337 e. The van der Waals surface area contributed by atoms with E-state index in [-0.39, 0.29) is 17.7 Å². The lowest BCUT2D eigenvalue weighted by Gasteiger charge is -2.18. The summed E-state index contributed by atoms with van der Waals surface area (Å²) in [6, 6.07) is 3.98. The van der Waals surface area contributed by atoms with Crippen LogP contribution in [0.25, 0.3) is 22.6 Å². The van der Waals surface area contributed by atoms with Gasteiger partial charge in [-0.25, -0.2) is 4.98 Å². The molecule has 1 fully saturated rings. The van der Waals surface area contributed by atoms with E-state index in [0.29, 0.717) is 23.8 Å². The summed E-state index contributed by atoms with van der Waals surface area (Å²) in [7, 11) is 0. The van der Waals surface area contributed by atoms with Gasteiger partial charge in [-0.1, -0.05) is 12.8 Å². The average molecular weight is 406 g/mol.